The number of carboxylic acids is 1. The lowest BCUT2D eigenvalue weighted by Gasteiger charge is -2.23. The molecule has 1 aromatic heterocycles. The van der Waals surface area contributed by atoms with Crippen molar-refractivity contribution in [2.24, 2.45) is 0 Å². The number of cyclic esters (lactones) is 1. The number of ether oxygens (including phenoxy) is 3. The molecular weight excluding hydrogens is 496 g/mol. The van der Waals surface area contributed by atoms with Gasteiger partial charge in [0.2, 0.25) is 0 Å². The number of amides is 1. The Kier molecular flexibility index (Phi) is 7.45. The smallest absolute Gasteiger partial charge is 0.411 e. The predicted molar refractivity (Wildman–Crippen MR) is 145 cm³/mol. The monoisotopic (exact) mass is 524 g/mol. The molecule has 0 aliphatic carbocycles. The van der Waals surface area contributed by atoms with Crippen molar-refractivity contribution < 1.29 is 28.9 Å². The van der Waals surface area contributed by atoms with Crippen LogP contribution in [0, 0.1) is 0 Å². The Balaban J connectivity index is 1.51. The second-order valence-electron chi connectivity index (χ2n) is 9.30. The van der Waals surface area contributed by atoms with E-state index in [0.717, 1.165) is 22.3 Å². The van der Waals surface area contributed by atoms with E-state index < -0.39 is 12.1 Å². The van der Waals surface area contributed by atoms with Crippen molar-refractivity contribution in [2.45, 2.75) is 32.0 Å². The molecule has 8 heteroatoms. The van der Waals surface area contributed by atoms with Gasteiger partial charge in [0.25, 0.3) is 0 Å². The molecule has 1 aliphatic heterocycles. The van der Waals surface area contributed by atoms with Crippen molar-refractivity contribution >= 4 is 12.1 Å². The highest BCUT2D eigenvalue weighted by atomic mass is 16.6. The van der Waals surface area contributed by atoms with Crippen LogP contribution in [0.15, 0.2) is 91.3 Å². The van der Waals surface area contributed by atoms with E-state index in [1.54, 1.807) is 35.5 Å². The third-order valence-electron chi connectivity index (χ3n) is 6.74. The van der Waals surface area contributed by atoms with Gasteiger partial charge in [0.15, 0.2) is 11.5 Å². The van der Waals surface area contributed by atoms with Crippen LogP contribution in [-0.4, -0.2) is 40.2 Å². The molecule has 1 aliphatic rings. The minimum atomic E-state index is -0.942. The van der Waals surface area contributed by atoms with Gasteiger partial charge in [-0.15, -0.1) is 0 Å². The first-order chi connectivity index (χ1) is 18.9. The molecule has 0 bridgehead atoms. The molecule has 2 unspecified atom stereocenters. The van der Waals surface area contributed by atoms with Gasteiger partial charge in [0.1, 0.15) is 11.9 Å². The van der Waals surface area contributed by atoms with Crippen molar-refractivity contribution in [3.05, 3.63) is 108 Å². The van der Waals surface area contributed by atoms with E-state index >= 15 is 0 Å². The van der Waals surface area contributed by atoms with Crippen LogP contribution in [0.25, 0.3) is 11.1 Å². The summed E-state index contributed by atoms with van der Waals surface area (Å²) in [5.41, 5.74) is 4.18. The SMILES string of the molecule is COc1ccc(CC(=O)O)cc1Oc1ccc(-c2ccncc2)cc1CN1C(=O)OC(c2ccccc2)C1C. The summed E-state index contributed by atoms with van der Waals surface area (Å²) in [6, 6.07) is 24.1. The maximum absolute atomic E-state index is 13.0. The molecule has 1 saturated heterocycles. The lowest BCUT2D eigenvalue weighted by Crippen LogP contribution is -2.31. The Labute approximate surface area is 226 Å². The molecule has 3 aromatic carbocycles. The van der Waals surface area contributed by atoms with Crippen LogP contribution in [0.1, 0.15) is 29.7 Å². The highest BCUT2D eigenvalue weighted by molar-refractivity contribution is 5.72. The zero-order valence-electron chi connectivity index (χ0n) is 21.6. The van der Waals surface area contributed by atoms with E-state index in [9.17, 15) is 14.7 Å². The summed E-state index contributed by atoms with van der Waals surface area (Å²) in [6.07, 6.45) is 2.51. The van der Waals surface area contributed by atoms with E-state index in [4.69, 9.17) is 14.2 Å². The second-order valence-corrected chi connectivity index (χ2v) is 9.30. The van der Waals surface area contributed by atoms with E-state index in [0.29, 0.717) is 22.8 Å². The fourth-order valence-electron chi connectivity index (χ4n) is 4.72. The van der Waals surface area contributed by atoms with Crippen molar-refractivity contribution in [3.63, 3.8) is 0 Å². The van der Waals surface area contributed by atoms with E-state index in [1.807, 2.05) is 67.6 Å². The molecule has 2 heterocycles. The fourth-order valence-corrected chi connectivity index (χ4v) is 4.72. The number of aromatic nitrogens is 1. The van der Waals surface area contributed by atoms with Gasteiger partial charge in [0, 0.05) is 18.0 Å². The molecule has 0 radical (unpaired) electrons. The molecule has 8 nitrogen and oxygen atoms in total. The Morgan fingerprint density at radius 2 is 1.69 bits per heavy atom. The number of hydrogen-bond donors (Lipinski definition) is 1. The number of hydrogen-bond acceptors (Lipinski definition) is 6. The van der Waals surface area contributed by atoms with Crippen LogP contribution in [0.3, 0.4) is 0 Å². The normalized spacial score (nSPS) is 16.6. The second kappa shape index (κ2) is 11.3. The zero-order valence-corrected chi connectivity index (χ0v) is 21.6. The number of carbonyl (C=O) groups is 2. The van der Waals surface area contributed by atoms with Crippen molar-refractivity contribution in [2.75, 3.05) is 7.11 Å². The Morgan fingerprint density at radius 1 is 0.949 bits per heavy atom. The largest absolute Gasteiger partial charge is 0.493 e. The van der Waals surface area contributed by atoms with Crippen molar-refractivity contribution in [1.82, 2.24) is 9.88 Å². The highest BCUT2D eigenvalue weighted by Crippen LogP contribution is 2.39. The topological polar surface area (TPSA) is 98.2 Å². The van der Waals surface area contributed by atoms with Crippen LogP contribution >= 0.6 is 0 Å². The van der Waals surface area contributed by atoms with Gasteiger partial charge in [-0.3, -0.25) is 14.7 Å². The van der Waals surface area contributed by atoms with Crippen LogP contribution < -0.4 is 9.47 Å². The van der Waals surface area contributed by atoms with Crippen LogP contribution in [0.2, 0.25) is 0 Å². The van der Waals surface area contributed by atoms with Gasteiger partial charge < -0.3 is 19.3 Å². The summed E-state index contributed by atoms with van der Waals surface area (Å²) in [4.78, 5) is 30.1. The molecule has 39 heavy (non-hydrogen) atoms. The molecule has 1 amide bonds. The molecule has 0 spiro atoms. The number of methoxy groups -OCH3 is 1. The number of rotatable bonds is 9. The summed E-state index contributed by atoms with van der Waals surface area (Å²) in [7, 11) is 1.53. The van der Waals surface area contributed by atoms with E-state index in [1.165, 1.54) is 7.11 Å². The quantitative estimate of drug-likeness (QED) is 0.276. The van der Waals surface area contributed by atoms with Gasteiger partial charge in [-0.2, -0.15) is 0 Å². The minimum absolute atomic E-state index is 0.147. The zero-order chi connectivity index (χ0) is 27.4. The predicted octanol–water partition coefficient (Wildman–Crippen LogP) is 6.26. The van der Waals surface area contributed by atoms with Crippen LogP contribution in [0.4, 0.5) is 4.79 Å². The first-order valence-corrected chi connectivity index (χ1v) is 12.5. The van der Waals surface area contributed by atoms with E-state index in [2.05, 4.69) is 4.98 Å². The maximum Gasteiger partial charge on any atom is 0.411 e. The number of benzene rings is 3. The molecule has 1 N–H and O–H groups in total. The maximum atomic E-state index is 13.0. The Bertz CT molecular complexity index is 1480. The number of pyridine rings is 1. The average molecular weight is 525 g/mol. The Morgan fingerprint density at radius 3 is 2.41 bits per heavy atom. The lowest BCUT2D eigenvalue weighted by atomic mass is 10.0. The Hall–Kier alpha value is -4.85. The molecule has 0 saturated carbocycles. The minimum Gasteiger partial charge on any atom is -0.493 e. The van der Waals surface area contributed by atoms with Gasteiger partial charge >= 0.3 is 12.1 Å². The van der Waals surface area contributed by atoms with Gasteiger partial charge in [-0.25, -0.2) is 4.79 Å². The number of carbonyl (C=O) groups excluding carboxylic acids is 1. The lowest BCUT2D eigenvalue weighted by molar-refractivity contribution is -0.136. The van der Waals surface area contributed by atoms with Gasteiger partial charge in [0.05, 0.1) is 26.1 Å². The average Bonchev–Trinajstić information content (AvgIpc) is 3.23. The third-order valence-corrected chi connectivity index (χ3v) is 6.74. The highest BCUT2D eigenvalue weighted by Gasteiger charge is 2.40. The van der Waals surface area contributed by atoms with Crippen molar-refractivity contribution in [1.29, 1.82) is 0 Å². The molecule has 4 aromatic rings. The van der Waals surface area contributed by atoms with Gasteiger partial charge in [-0.05, 0) is 65.6 Å². The van der Waals surface area contributed by atoms with Crippen molar-refractivity contribution in [3.8, 4) is 28.4 Å². The number of aliphatic carboxylic acids is 1. The molecule has 1 fully saturated rings. The van der Waals surface area contributed by atoms with E-state index in [-0.39, 0.29) is 25.1 Å². The van der Waals surface area contributed by atoms with Crippen LogP contribution in [0.5, 0.6) is 17.2 Å². The third kappa shape index (κ3) is 5.70. The standard InChI is InChI=1S/C31H28N2O6/c1-20-30(23-6-4-3-5-7-23)39-31(36)33(20)19-25-18-24(22-12-14-32-15-13-22)9-11-26(25)38-28-16-21(17-29(34)35)8-10-27(28)37-2/h3-16,18,20,30H,17,19H2,1-2H3,(H,34,35). The summed E-state index contributed by atoms with van der Waals surface area (Å²) in [6.45, 7) is 2.21. The first-order valence-electron chi connectivity index (χ1n) is 12.5. The summed E-state index contributed by atoms with van der Waals surface area (Å²) in [5, 5.41) is 9.24. The number of nitrogens with zero attached hydrogens (tertiary/aromatic N) is 2. The van der Waals surface area contributed by atoms with Crippen LogP contribution in [-0.2, 0) is 22.5 Å². The molecule has 5 rings (SSSR count). The molecule has 2 atom stereocenters. The van der Waals surface area contributed by atoms with Gasteiger partial charge in [-0.1, -0.05) is 42.5 Å². The summed E-state index contributed by atoms with van der Waals surface area (Å²) in [5.74, 6) is 0.421. The fraction of sp³-hybridized carbons (Fsp3) is 0.194. The number of carboxylic acid groups (broad SMARTS) is 1. The molecular formula is C31H28N2O6. The summed E-state index contributed by atoms with van der Waals surface area (Å²) >= 11 is 0. The first kappa shape index (κ1) is 25.8. The molecule has 198 valence electrons. The summed E-state index contributed by atoms with van der Waals surface area (Å²) < 4.78 is 17.6.